The summed E-state index contributed by atoms with van der Waals surface area (Å²) in [6.07, 6.45) is -1.13. The van der Waals surface area contributed by atoms with Crippen LogP contribution in [0.4, 0.5) is 24.0 Å². The van der Waals surface area contributed by atoms with Gasteiger partial charge in [0.25, 0.3) is 11.8 Å². The molecule has 2 atom stereocenters. The van der Waals surface area contributed by atoms with E-state index in [1.54, 1.807) is 12.1 Å². The van der Waals surface area contributed by atoms with Gasteiger partial charge in [-0.1, -0.05) is 0 Å². The average molecular weight is 465 g/mol. The van der Waals surface area contributed by atoms with E-state index in [0.717, 1.165) is 28.0 Å². The summed E-state index contributed by atoms with van der Waals surface area (Å²) in [6, 6.07) is 1.79. The van der Waals surface area contributed by atoms with Crippen molar-refractivity contribution in [3.05, 3.63) is 51.9 Å². The highest BCUT2D eigenvalue weighted by Crippen LogP contribution is 2.44. The number of hydrogen-bond acceptors (Lipinski definition) is 6. The van der Waals surface area contributed by atoms with Gasteiger partial charge >= 0.3 is 6.18 Å². The Hall–Kier alpha value is -3.28. The van der Waals surface area contributed by atoms with Crippen LogP contribution in [0.25, 0.3) is 0 Å². The van der Waals surface area contributed by atoms with E-state index in [0.29, 0.717) is 17.2 Å². The molecule has 1 aliphatic heterocycles. The third-order valence-corrected chi connectivity index (χ3v) is 6.91. The SMILES string of the molecule is NC(=O)c1c(NC(=O)c2cc3n(n2)[C@H](C(F)(F)F)C[C@@H](c2ccco2)N3)sc2c1CCC2. The number of aromatic nitrogens is 2. The Kier molecular flexibility index (Phi) is 4.77. The first-order valence-electron chi connectivity index (χ1n) is 9.94. The highest BCUT2D eigenvalue weighted by Gasteiger charge is 2.47. The average Bonchev–Trinajstić information content (AvgIpc) is 3.48. The number of carbonyl (C=O) groups excluding carboxylic acids is 2. The van der Waals surface area contributed by atoms with Crippen molar-refractivity contribution in [3.63, 3.8) is 0 Å². The molecule has 5 rings (SSSR count). The van der Waals surface area contributed by atoms with Crippen LogP contribution in [0.1, 0.15) is 62.0 Å². The van der Waals surface area contributed by atoms with E-state index in [1.165, 1.54) is 23.7 Å². The molecule has 32 heavy (non-hydrogen) atoms. The quantitative estimate of drug-likeness (QED) is 0.538. The van der Waals surface area contributed by atoms with Crippen LogP contribution in [0.15, 0.2) is 28.9 Å². The second-order valence-corrected chi connectivity index (χ2v) is 8.85. The second kappa shape index (κ2) is 7.40. The van der Waals surface area contributed by atoms with E-state index >= 15 is 0 Å². The number of carbonyl (C=O) groups is 2. The van der Waals surface area contributed by atoms with Gasteiger partial charge in [-0.3, -0.25) is 9.59 Å². The smallest absolute Gasteiger partial charge is 0.410 e. The molecule has 168 valence electrons. The molecule has 0 aromatic carbocycles. The maximum atomic E-state index is 13.8. The van der Waals surface area contributed by atoms with Crippen LogP contribution in [0.3, 0.4) is 0 Å². The van der Waals surface area contributed by atoms with Gasteiger partial charge in [-0.15, -0.1) is 11.3 Å². The minimum absolute atomic E-state index is 0.0499. The molecule has 0 unspecified atom stereocenters. The Morgan fingerprint density at radius 2 is 2.16 bits per heavy atom. The topological polar surface area (TPSA) is 115 Å². The third kappa shape index (κ3) is 3.44. The summed E-state index contributed by atoms with van der Waals surface area (Å²) in [5, 5.41) is 9.80. The number of anilines is 2. The number of nitrogens with one attached hydrogen (secondary N) is 2. The zero-order valence-electron chi connectivity index (χ0n) is 16.5. The first-order chi connectivity index (χ1) is 15.2. The predicted molar refractivity (Wildman–Crippen MR) is 110 cm³/mol. The molecule has 8 nitrogen and oxygen atoms in total. The van der Waals surface area contributed by atoms with Crippen molar-refractivity contribution in [1.82, 2.24) is 9.78 Å². The van der Waals surface area contributed by atoms with Gasteiger partial charge in [0.05, 0.1) is 17.9 Å². The van der Waals surface area contributed by atoms with E-state index in [4.69, 9.17) is 10.2 Å². The van der Waals surface area contributed by atoms with Gasteiger partial charge in [-0.25, -0.2) is 4.68 Å². The highest BCUT2D eigenvalue weighted by atomic mass is 32.1. The Morgan fingerprint density at radius 3 is 2.84 bits per heavy atom. The predicted octanol–water partition coefficient (Wildman–Crippen LogP) is 4.04. The molecule has 3 aromatic heterocycles. The summed E-state index contributed by atoms with van der Waals surface area (Å²) in [6.45, 7) is 0. The van der Waals surface area contributed by atoms with E-state index < -0.39 is 30.1 Å². The van der Waals surface area contributed by atoms with E-state index in [2.05, 4.69) is 15.7 Å². The van der Waals surface area contributed by atoms with Crippen molar-refractivity contribution in [2.45, 2.75) is 43.9 Å². The number of fused-ring (bicyclic) bond motifs is 2. The molecule has 0 radical (unpaired) electrons. The van der Waals surface area contributed by atoms with Gasteiger partial charge < -0.3 is 20.8 Å². The van der Waals surface area contributed by atoms with Crippen LogP contribution in [0.2, 0.25) is 0 Å². The molecule has 3 aromatic rings. The minimum atomic E-state index is -4.57. The van der Waals surface area contributed by atoms with E-state index in [1.807, 2.05) is 0 Å². The summed E-state index contributed by atoms with van der Waals surface area (Å²) in [4.78, 5) is 25.8. The molecule has 1 aliphatic carbocycles. The Morgan fingerprint density at radius 1 is 1.34 bits per heavy atom. The number of rotatable bonds is 4. The van der Waals surface area contributed by atoms with Gasteiger partial charge in [0.15, 0.2) is 11.7 Å². The van der Waals surface area contributed by atoms with Crippen molar-refractivity contribution in [3.8, 4) is 0 Å². The molecule has 2 amide bonds. The number of alkyl halides is 3. The molecule has 4 heterocycles. The number of primary amides is 1. The lowest BCUT2D eigenvalue weighted by atomic mass is 10.0. The van der Waals surface area contributed by atoms with Gasteiger partial charge in [-0.2, -0.15) is 18.3 Å². The van der Waals surface area contributed by atoms with Crippen LogP contribution in [0.5, 0.6) is 0 Å². The lowest BCUT2D eigenvalue weighted by Gasteiger charge is -2.32. The molecule has 0 saturated carbocycles. The lowest BCUT2D eigenvalue weighted by molar-refractivity contribution is -0.174. The number of hydrogen-bond donors (Lipinski definition) is 3. The summed E-state index contributed by atoms with van der Waals surface area (Å²) >= 11 is 1.26. The van der Waals surface area contributed by atoms with Gasteiger partial charge in [0, 0.05) is 17.4 Å². The molecule has 0 saturated heterocycles. The monoisotopic (exact) mass is 465 g/mol. The van der Waals surface area contributed by atoms with Crippen LogP contribution in [0, 0.1) is 0 Å². The maximum absolute atomic E-state index is 13.8. The fourth-order valence-corrected chi connectivity index (χ4v) is 5.57. The number of aryl methyl sites for hydroxylation is 1. The summed E-state index contributed by atoms with van der Waals surface area (Å²) in [5.74, 6) is -0.957. The Labute approximate surface area is 183 Å². The minimum Gasteiger partial charge on any atom is -0.467 e. The largest absolute Gasteiger partial charge is 0.467 e. The standard InChI is InChI=1S/C20H18F3N5O3S/c21-20(22,23)14-7-10(12-4-2-6-31-12)25-15-8-11(27-28(14)15)18(30)26-19-16(17(24)29)9-3-1-5-13(9)32-19/h2,4,6,8,10,14,25H,1,3,5,7H2,(H2,24,29)(H,26,30)/t10-,14-/m0/s1. The first-order valence-corrected chi connectivity index (χ1v) is 10.8. The second-order valence-electron chi connectivity index (χ2n) is 7.74. The number of nitrogens with two attached hydrogens (primary N) is 1. The first kappa shape index (κ1) is 20.6. The summed E-state index contributed by atoms with van der Waals surface area (Å²) in [7, 11) is 0. The highest BCUT2D eigenvalue weighted by molar-refractivity contribution is 7.17. The normalized spacial score (nSPS) is 19.8. The number of thiophene rings is 1. The molecule has 0 spiro atoms. The van der Waals surface area contributed by atoms with Crippen LogP contribution >= 0.6 is 11.3 Å². The fraction of sp³-hybridized carbons (Fsp3) is 0.350. The zero-order chi connectivity index (χ0) is 22.6. The van der Waals surface area contributed by atoms with Crippen molar-refractivity contribution < 1.29 is 27.2 Å². The van der Waals surface area contributed by atoms with Crippen molar-refractivity contribution in [1.29, 1.82) is 0 Å². The summed E-state index contributed by atoms with van der Waals surface area (Å²) in [5.41, 5.74) is 6.41. The van der Waals surface area contributed by atoms with Crippen LogP contribution < -0.4 is 16.4 Å². The van der Waals surface area contributed by atoms with Gasteiger partial charge in [-0.05, 0) is 37.0 Å². The van der Waals surface area contributed by atoms with Crippen molar-refractivity contribution in [2.24, 2.45) is 5.73 Å². The van der Waals surface area contributed by atoms with Gasteiger partial charge in [0.2, 0.25) is 0 Å². The number of nitrogens with zero attached hydrogens (tertiary/aromatic N) is 2. The molecule has 0 bridgehead atoms. The lowest BCUT2D eigenvalue weighted by Crippen LogP contribution is -2.35. The number of amides is 2. The number of halogens is 3. The Bertz CT molecular complexity index is 1200. The molecule has 4 N–H and O–H groups in total. The molecular weight excluding hydrogens is 447 g/mol. The fourth-order valence-electron chi connectivity index (χ4n) is 4.28. The van der Waals surface area contributed by atoms with Crippen LogP contribution in [-0.4, -0.2) is 27.8 Å². The van der Waals surface area contributed by atoms with Gasteiger partial charge in [0.1, 0.15) is 16.6 Å². The van der Waals surface area contributed by atoms with E-state index in [-0.39, 0.29) is 23.5 Å². The molecule has 12 heteroatoms. The zero-order valence-corrected chi connectivity index (χ0v) is 17.3. The van der Waals surface area contributed by atoms with Crippen molar-refractivity contribution in [2.75, 3.05) is 10.6 Å². The van der Waals surface area contributed by atoms with Crippen molar-refractivity contribution >= 4 is 34.0 Å². The van der Waals surface area contributed by atoms with Crippen LogP contribution in [-0.2, 0) is 12.8 Å². The third-order valence-electron chi connectivity index (χ3n) is 5.70. The number of furan rings is 1. The Balaban J connectivity index is 1.46. The molecular formula is C20H18F3N5O3S. The molecule has 0 fully saturated rings. The summed E-state index contributed by atoms with van der Waals surface area (Å²) < 4.78 is 47.3. The maximum Gasteiger partial charge on any atom is 0.410 e. The van der Waals surface area contributed by atoms with E-state index in [9.17, 15) is 22.8 Å². The molecule has 2 aliphatic rings.